The smallest absolute Gasteiger partial charge is 0.166 e. The molecule has 0 amide bonds. The van der Waals surface area contributed by atoms with Crippen LogP contribution >= 0.6 is 11.6 Å². The summed E-state index contributed by atoms with van der Waals surface area (Å²) in [6.45, 7) is 1.74. The van der Waals surface area contributed by atoms with Gasteiger partial charge in [0.25, 0.3) is 0 Å². The molecule has 3 nitrogen and oxygen atoms in total. The largest absolute Gasteiger partial charge is 0.490 e. The van der Waals surface area contributed by atoms with Crippen LogP contribution in [-0.4, -0.2) is 19.2 Å². The SMILES string of the molecule is Fc1ccc(OC2CCNCC2)cc1COc1ccc(Cl)cc1F. The highest BCUT2D eigenvalue weighted by atomic mass is 35.5. The molecule has 3 rings (SSSR count). The third-order valence-electron chi connectivity index (χ3n) is 3.88. The van der Waals surface area contributed by atoms with E-state index < -0.39 is 11.6 Å². The Kier molecular flexibility index (Phi) is 5.53. The number of ether oxygens (including phenoxy) is 2. The minimum Gasteiger partial charge on any atom is -0.490 e. The zero-order valence-electron chi connectivity index (χ0n) is 13.0. The van der Waals surface area contributed by atoms with Crippen LogP contribution in [0, 0.1) is 11.6 Å². The van der Waals surface area contributed by atoms with Crippen LogP contribution in [-0.2, 0) is 6.61 Å². The van der Waals surface area contributed by atoms with E-state index in [9.17, 15) is 8.78 Å². The first kappa shape index (κ1) is 17.0. The lowest BCUT2D eigenvalue weighted by molar-refractivity contribution is 0.162. The summed E-state index contributed by atoms with van der Waals surface area (Å²) in [6, 6.07) is 8.64. The molecule has 0 atom stereocenters. The molecule has 0 saturated carbocycles. The number of benzene rings is 2. The topological polar surface area (TPSA) is 30.5 Å². The Morgan fingerprint density at radius 2 is 1.83 bits per heavy atom. The molecule has 1 saturated heterocycles. The highest BCUT2D eigenvalue weighted by molar-refractivity contribution is 6.30. The summed E-state index contributed by atoms with van der Waals surface area (Å²) in [5.74, 6) is -0.367. The van der Waals surface area contributed by atoms with E-state index in [0.29, 0.717) is 11.3 Å². The normalized spacial score (nSPS) is 15.3. The van der Waals surface area contributed by atoms with Gasteiger partial charge in [0.2, 0.25) is 0 Å². The second-order valence-electron chi connectivity index (χ2n) is 5.68. The number of piperidine rings is 1. The van der Waals surface area contributed by atoms with Crippen molar-refractivity contribution in [3.05, 3.63) is 58.6 Å². The zero-order valence-corrected chi connectivity index (χ0v) is 13.8. The molecule has 1 N–H and O–H groups in total. The van der Waals surface area contributed by atoms with E-state index in [1.807, 2.05) is 0 Å². The summed E-state index contributed by atoms with van der Waals surface area (Å²) < 4.78 is 38.9. The highest BCUT2D eigenvalue weighted by Gasteiger charge is 2.15. The van der Waals surface area contributed by atoms with Gasteiger partial charge in [-0.1, -0.05) is 11.6 Å². The Labute approximate surface area is 144 Å². The molecule has 6 heteroatoms. The van der Waals surface area contributed by atoms with Gasteiger partial charge >= 0.3 is 0 Å². The van der Waals surface area contributed by atoms with Crippen LogP contribution < -0.4 is 14.8 Å². The standard InChI is InChI=1S/C18H18ClF2NO2/c19-13-1-4-18(17(21)10-13)23-11-12-9-15(2-3-16(12)20)24-14-5-7-22-8-6-14/h1-4,9-10,14,22H,5-8,11H2. The third-order valence-corrected chi connectivity index (χ3v) is 4.12. The van der Waals surface area contributed by atoms with Crippen molar-refractivity contribution in [1.29, 1.82) is 0 Å². The quantitative estimate of drug-likeness (QED) is 0.868. The van der Waals surface area contributed by atoms with Crippen molar-refractivity contribution in [3.63, 3.8) is 0 Å². The first-order valence-corrected chi connectivity index (χ1v) is 8.23. The van der Waals surface area contributed by atoms with Crippen molar-refractivity contribution in [2.24, 2.45) is 0 Å². The monoisotopic (exact) mass is 353 g/mol. The van der Waals surface area contributed by atoms with Crippen molar-refractivity contribution < 1.29 is 18.3 Å². The molecule has 0 aromatic heterocycles. The molecule has 0 bridgehead atoms. The molecule has 0 spiro atoms. The van der Waals surface area contributed by atoms with Gasteiger partial charge in [-0.15, -0.1) is 0 Å². The summed E-state index contributed by atoms with van der Waals surface area (Å²) in [4.78, 5) is 0. The van der Waals surface area contributed by atoms with E-state index in [0.717, 1.165) is 32.0 Å². The highest BCUT2D eigenvalue weighted by Crippen LogP contribution is 2.24. The van der Waals surface area contributed by atoms with Gasteiger partial charge in [-0.05, 0) is 62.3 Å². The number of hydrogen-bond donors (Lipinski definition) is 1. The van der Waals surface area contributed by atoms with Crippen LogP contribution in [0.3, 0.4) is 0 Å². The Morgan fingerprint density at radius 3 is 2.58 bits per heavy atom. The fourth-order valence-corrected chi connectivity index (χ4v) is 2.75. The molecule has 2 aromatic carbocycles. The van der Waals surface area contributed by atoms with Gasteiger partial charge in [-0.3, -0.25) is 0 Å². The van der Waals surface area contributed by atoms with Gasteiger partial charge in [-0.25, -0.2) is 8.78 Å². The van der Waals surface area contributed by atoms with Crippen LogP contribution in [0.25, 0.3) is 0 Å². The maximum absolute atomic E-state index is 14.0. The summed E-state index contributed by atoms with van der Waals surface area (Å²) in [6.07, 6.45) is 1.96. The first-order chi connectivity index (χ1) is 11.6. The van der Waals surface area contributed by atoms with Crippen molar-refractivity contribution >= 4 is 11.6 Å². The molecular weight excluding hydrogens is 336 g/mol. The number of halogens is 3. The summed E-state index contributed by atoms with van der Waals surface area (Å²) in [5, 5.41) is 3.54. The van der Waals surface area contributed by atoms with E-state index in [1.54, 1.807) is 12.1 Å². The minimum atomic E-state index is -0.579. The fourth-order valence-electron chi connectivity index (χ4n) is 2.59. The summed E-state index contributed by atoms with van der Waals surface area (Å²) in [7, 11) is 0. The maximum atomic E-state index is 14.0. The molecule has 24 heavy (non-hydrogen) atoms. The van der Waals surface area contributed by atoms with Crippen molar-refractivity contribution in [2.75, 3.05) is 13.1 Å². The van der Waals surface area contributed by atoms with Gasteiger partial charge in [-0.2, -0.15) is 0 Å². The van der Waals surface area contributed by atoms with E-state index >= 15 is 0 Å². The Hall–Kier alpha value is -1.85. The molecule has 1 aliphatic heterocycles. The van der Waals surface area contributed by atoms with Crippen molar-refractivity contribution in [1.82, 2.24) is 5.32 Å². The maximum Gasteiger partial charge on any atom is 0.166 e. The molecule has 0 aliphatic carbocycles. The van der Waals surface area contributed by atoms with Crippen LogP contribution in [0.15, 0.2) is 36.4 Å². The van der Waals surface area contributed by atoms with Gasteiger partial charge in [0.05, 0.1) is 0 Å². The predicted molar refractivity (Wildman–Crippen MR) is 88.7 cm³/mol. The molecule has 1 fully saturated rings. The summed E-state index contributed by atoms with van der Waals surface area (Å²) in [5.41, 5.74) is 0.316. The van der Waals surface area contributed by atoms with E-state index in [-0.39, 0.29) is 23.5 Å². The second kappa shape index (κ2) is 7.81. The van der Waals surface area contributed by atoms with Gasteiger partial charge in [0, 0.05) is 10.6 Å². The lowest BCUT2D eigenvalue weighted by atomic mass is 10.1. The number of rotatable bonds is 5. The molecule has 1 aliphatic rings. The van der Waals surface area contributed by atoms with E-state index in [4.69, 9.17) is 21.1 Å². The van der Waals surface area contributed by atoms with Gasteiger partial charge in [0.1, 0.15) is 24.3 Å². The molecule has 1 heterocycles. The minimum absolute atomic E-state index is 0.0310. The first-order valence-electron chi connectivity index (χ1n) is 7.85. The lowest BCUT2D eigenvalue weighted by Crippen LogP contribution is -2.34. The molecular formula is C18H18ClF2NO2. The van der Waals surface area contributed by atoms with E-state index in [1.165, 1.54) is 18.2 Å². The molecule has 2 aromatic rings. The van der Waals surface area contributed by atoms with Crippen molar-refractivity contribution in [2.45, 2.75) is 25.6 Å². The third kappa shape index (κ3) is 4.36. The van der Waals surface area contributed by atoms with E-state index in [2.05, 4.69) is 5.32 Å². The lowest BCUT2D eigenvalue weighted by Gasteiger charge is -2.24. The number of hydrogen-bond acceptors (Lipinski definition) is 3. The summed E-state index contributed by atoms with van der Waals surface area (Å²) >= 11 is 5.70. The average Bonchev–Trinajstić information content (AvgIpc) is 2.57. The zero-order chi connectivity index (χ0) is 16.9. The average molecular weight is 354 g/mol. The molecule has 0 unspecified atom stereocenters. The van der Waals surface area contributed by atoms with Crippen molar-refractivity contribution in [3.8, 4) is 11.5 Å². The molecule has 128 valence electrons. The van der Waals surface area contributed by atoms with Gasteiger partial charge in [0.15, 0.2) is 11.6 Å². The Bertz CT molecular complexity index is 705. The second-order valence-corrected chi connectivity index (χ2v) is 6.12. The molecule has 0 radical (unpaired) electrons. The van der Waals surface area contributed by atoms with Gasteiger partial charge < -0.3 is 14.8 Å². The Morgan fingerprint density at radius 1 is 1.04 bits per heavy atom. The van der Waals surface area contributed by atoms with Crippen LogP contribution in [0.5, 0.6) is 11.5 Å². The van der Waals surface area contributed by atoms with Crippen LogP contribution in [0.2, 0.25) is 5.02 Å². The fraction of sp³-hybridized carbons (Fsp3) is 0.333. The predicted octanol–water partition coefficient (Wildman–Crippen LogP) is 4.33. The number of nitrogens with one attached hydrogen (secondary N) is 1. The Balaban J connectivity index is 1.67. The van der Waals surface area contributed by atoms with Crippen LogP contribution in [0.1, 0.15) is 18.4 Å². The van der Waals surface area contributed by atoms with Crippen LogP contribution in [0.4, 0.5) is 8.78 Å².